The third-order valence-corrected chi connectivity index (χ3v) is 7.77. The summed E-state index contributed by atoms with van der Waals surface area (Å²) in [6.45, 7) is 4.61. The van der Waals surface area contributed by atoms with Crippen molar-refractivity contribution in [3.63, 3.8) is 0 Å². The molecule has 1 fully saturated rings. The lowest BCUT2D eigenvalue weighted by atomic mass is 10.0. The quantitative estimate of drug-likeness (QED) is 0.177. The van der Waals surface area contributed by atoms with Crippen LogP contribution in [0.2, 0.25) is 5.02 Å². The van der Waals surface area contributed by atoms with Crippen molar-refractivity contribution in [3.05, 3.63) is 69.6 Å². The number of aromatic amines is 1. The van der Waals surface area contributed by atoms with E-state index in [0.29, 0.717) is 29.9 Å². The lowest BCUT2D eigenvalue weighted by Crippen LogP contribution is -2.43. The van der Waals surface area contributed by atoms with Gasteiger partial charge in [0.25, 0.3) is 0 Å². The maximum Gasteiger partial charge on any atom is 0.231 e. The number of ether oxygens (including phenoxy) is 1. The third-order valence-electron chi connectivity index (χ3n) is 7.50. The van der Waals surface area contributed by atoms with Crippen LogP contribution in [0.15, 0.2) is 52.4 Å². The highest BCUT2D eigenvalue weighted by Crippen LogP contribution is 2.29. The molecule has 1 saturated heterocycles. The van der Waals surface area contributed by atoms with E-state index in [-0.39, 0.29) is 23.1 Å². The zero-order chi connectivity index (χ0) is 29.8. The predicted molar refractivity (Wildman–Crippen MR) is 165 cm³/mol. The number of aliphatic imine (C=N–C) groups is 1. The number of aryl methyl sites for hydroxylation is 1. The van der Waals surface area contributed by atoms with E-state index in [1.807, 2.05) is 49.5 Å². The molecule has 0 saturated carbocycles. The van der Waals surface area contributed by atoms with Gasteiger partial charge >= 0.3 is 0 Å². The Morgan fingerprint density at radius 1 is 1.24 bits per heavy atom. The summed E-state index contributed by atoms with van der Waals surface area (Å²) < 4.78 is 21.0. The van der Waals surface area contributed by atoms with Crippen molar-refractivity contribution in [2.24, 2.45) is 27.2 Å². The second kappa shape index (κ2) is 13.1. The molecule has 8 N–H and O–H groups in total. The maximum absolute atomic E-state index is 15.1. The molecular formula is C30H38ClFN8O2. The van der Waals surface area contributed by atoms with Crippen molar-refractivity contribution in [1.29, 1.82) is 0 Å². The molecule has 10 nitrogen and oxygen atoms in total. The summed E-state index contributed by atoms with van der Waals surface area (Å²) >= 11 is 6.26. The number of morpholine rings is 1. The number of fused-ring (bicyclic) bond motifs is 1. The highest BCUT2D eigenvalue weighted by molar-refractivity contribution is 6.31. The van der Waals surface area contributed by atoms with Crippen LogP contribution in [-0.2, 0) is 11.2 Å². The van der Waals surface area contributed by atoms with E-state index >= 15 is 4.39 Å². The molecule has 3 aromatic rings. The average molecular weight is 597 g/mol. The number of halogens is 2. The Kier molecular flexibility index (Phi) is 9.32. The molecule has 5 rings (SSSR count). The van der Waals surface area contributed by atoms with Gasteiger partial charge in [-0.05, 0) is 80.6 Å². The van der Waals surface area contributed by atoms with Crippen LogP contribution in [0.25, 0.3) is 17.5 Å². The van der Waals surface area contributed by atoms with Crippen molar-refractivity contribution in [3.8, 4) is 11.3 Å². The van der Waals surface area contributed by atoms with Gasteiger partial charge in [-0.2, -0.15) is 0 Å². The molecule has 0 spiro atoms. The van der Waals surface area contributed by atoms with Crippen LogP contribution in [0, 0.1) is 5.82 Å². The molecule has 3 heterocycles. The van der Waals surface area contributed by atoms with Gasteiger partial charge in [-0.15, -0.1) is 0 Å². The van der Waals surface area contributed by atoms with Crippen molar-refractivity contribution < 1.29 is 14.2 Å². The summed E-state index contributed by atoms with van der Waals surface area (Å²) in [5.74, 6) is -0.417. The Morgan fingerprint density at radius 2 is 2.00 bits per heavy atom. The highest BCUT2D eigenvalue weighted by Gasteiger charge is 2.22. The summed E-state index contributed by atoms with van der Waals surface area (Å²) in [6, 6.07) is 13.3. The van der Waals surface area contributed by atoms with E-state index in [1.54, 1.807) is 11.0 Å². The van der Waals surface area contributed by atoms with Gasteiger partial charge in [0.05, 0.1) is 23.4 Å². The summed E-state index contributed by atoms with van der Waals surface area (Å²) in [4.78, 5) is 15.6. The number of aromatic nitrogens is 1. The van der Waals surface area contributed by atoms with E-state index in [0.717, 1.165) is 60.9 Å². The minimum atomic E-state index is -1.14. The number of rotatable bonds is 10. The number of aliphatic hydroxyl groups is 1. The minimum absolute atomic E-state index is 0.0360. The second-order valence-electron chi connectivity index (χ2n) is 10.9. The summed E-state index contributed by atoms with van der Waals surface area (Å²) in [6.07, 6.45) is 3.94. The van der Waals surface area contributed by atoms with Crippen LogP contribution in [0.4, 0.5) is 15.8 Å². The molecule has 1 aromatic heterocycles. The zero-order valence-corrected chi connectivity index (χ0v) is 24.4. The zero-order valence-electron chi connectivity index (χ0n) is 23.6. The molecular weight excluding hydrogens is 559 g/mol. The van der Waals surface area contributed by atoms with Crippen molar-refractivity contribution in [2.45, 2.75) is 51.1 Å². The molecule has 0 aliphatic carbocycles. The fourth-order valence-electron chi connectivity index (χ4n) is 5.33. The number of hydrogen-bond acceptors (Lipinski definition) is 7. The van der Waals surface area contributed by atoms with Gasteiger partial charge in [-0.1, -0.05) is 11.6 Å². The largest absolute Gasteiger partial charge is 0.374 e. The lowest BCUT2D eigenvalue weighted by molar-refractivity contribution is 0.0369. The molecule has 2 aromatic carbocycles. The first-order valence-corrected chi connectivity index (χ1v) is 14.6. The van der Waals surface area contributed by atoms with Crippen LogP contribution in [0.1, 0.15) is 31.7 Å². The molecule has 42 heavy (non-hydrogen) atoms. The van der Waals surface area contributed by atoms with E-state index < -0.39 is 12.2 Å². The van der Waals surface area contributed by atoms with E-state index in [1.165, 1.54) is 0 Å². The Bertz CT molecular complexity index is 1540. The van der Waals surface area contributed by atoms with Gasteiger partial charge in [0.1, 0.15) is 5.49 Å². The molecule has 0 radical (unpaired) electrons. The van der Waals surface area contributed by atoms with E-state index in [4.69, 9.17) is 33.5 Å². The Hall–Kier alpha value is -3.64. The van der Waals surface area contributed by atoms with Crippen LogP contribution in [0.5, 0.6) is 0 Å². The van der Waals surface area contributed by atoms with Crippen molar-refractivity contribution in [1.82, 2.24) is 4.98 Å². The molecule has 12 heteroatoms. The number of nitrogens with two attached hydrogens (primary N) is 3. The first-order chi connectivity index (χ1) is 20.2. The maximum atomic E-state index is 15.1. The standard InChI is InChI=1S/C30H38ClFN8O2/c1-18(33)3-2-4-19-13-24(27(32)25(31)14-19)26-15-20-16-40(30(41)38-28(20)37-26)22-7-5-21(6-8-22)39-11-12-42-23(17-39)9-10-36-29(34)35/h5-8,13-16,18,23,30,41H,2-4,9-12,17,33H2,1H3,(H,37,38)(H4,34,35,36)/t18-,23+,30?/m0/s1. The first kappa shape index (κ1) is 29.8. The topological polar surface area (TPSA) is 155 Å². The van der Waals surface area contributed by atoms with Crippen LogP contribution < -0.4 is 37.7 Å². The molecule has 0 bridgehead atoms. The number of benzene rings is 2. The highest BCUT2D eigenvalue weighted by atomic mass is 35.5. The van der Waals surface area contributed by atoms with Gasteiger partial charge in [-0.25, -0.2) is 9.38 Å². The lowest BCUT2D eigenvalue weighted by Gasteiger charge is -2.34. The monoisotopic (exact) mass is 596 g/mol. The molecule has 1 unspecified atom stereocenters. The predicted octanol–water partition coefficient (Wildman–Crippen LogP) is 2.17. The smallest absolute Gasteiger partial charge is 0.231 e. The van der Waals surface area contributed by atoms with Gasteiger partial charge in [0, 0.05) is 54.0 Å². The van der Waals surface area contributed by atoms with Crippen LogP contribution in [-0.4, -0.2) is 60.8 Å². The Labute approximate surface area is 249 Å². The molecule has 2 aliphatic heterocycles. The molecule has 224 valence electrons. The fraction of sp³-hybridized carbons (Fsp3) is 0.400. The number of aliphatic hydroxyl groups excluding tert-OH is 1. The molecule has 0 amide bonds. The van der Waals surface area contributed by atoms with Crippen molar-refractivity contribution >= 4 is 35.1 Å². The Morgan fingerprint density at radius 3 is 2.74 bits per heavy atom. The van der Waals surface area contributed by atoms with E-state index in [9.17, 15) is 5.11 Å². The third kappa shape index (κ3) is 7.04. The second-order valence-corrected chi connectivity index (χ2v) is 11.3. The molecule has 3 atom stereocenters. The summed E-state index contributed by atoms with van der Waals surface area (Å²) in [7, 11) is 0. The number of nitrogens with one attached hydrogen (secondary N) is 1. The first-order valence-electron chi connectivity index (χ1n) is 14.2. The SMILES string of the molecule is C[C@H](N)CCCc1cc(Cl)c(F)c(-c2cc3c([nH]2)=NC(O)N(c2ccc(N4CCO[C@H](CCN=C(N)N)C4)cc2)C=3)c1. The Balaban J connectivity index is 1.33. The summed E-state index contributed by atoms with van der Waals surface area (Å²) in [5.41, 5.74) is 20.9. The fourth-order valence-corrected chi connectivity index (χ4v) is 5.57. The number of guanidine groups is 1. The van der Waals surface area contributed by atoms with Crippen molar-refractivity contribution in [2.75, 3.05) is 36.0 Å². The average Bonchev–Trinajstić information content (AvgIpc) is 3.37. The number of anilines is 2. The molecule has 2 aliphatic rings. The van der Waals surface area contributed by atoms with Gasteiger partial charge < -0.3 is 41.8 Å². The van der Waals surface area contributed by atoms with E-state index in [2.05, 4.69) is 19.9 Å². The van der Waals surface area contributed by atoms with Gasteiger partial charge in [0.15, 0.2) is 11.8 Å². The number of nitrogens with zero attached hydrogens (tertiary/aromatic N) is 4. The van der Waals surface area contributed by atoms with Gasteiger partial charge in [-0.3, -0.25) is 4.99 Å². The van der Waals surface area contributed by atoms with Crippen LogP contribution >= 0.6 is 11.6 Å². The van der Waals surface area contributed by atoms with Gasteiger partial charge in [0.2, 0.25) is 6.35 Å². The van der Waals surface area contributed by atoms with Crippen LogP contribution in [0.3, 0.4) is 0 Å². The minimum Gasteiger partial charge on any atom is -0.374 e. The summed E-state index contributed by atoms with van der Waals surface area (Å²) in [5, 5.41) is 11.7. The number of hydrogen-bond donors (Lipinski definition) is 5. The number of H-pyrrole nitrogens is 1. The normalized spacial score (nSPS) is 19.1.